The highest BCUT2D eigenvalue weighted by atomic mass is 35.5. The first kappa shape index (κ1) is 39.2. The second-order valence-corrected chi connectivity index (χ2v) is 8.62. The number of esters is 2. The van der Waals surface area contributed by atoms with Crippen molar-refractivity contribution in [2.75, 3.05) is 58.4 Å². The Morgan fingerprint density at radius 1 is 0.850 bits per heavy atom. The van der Waals surface area contributed by atoms with Crippen molar-refractivity contribution in [3.63, 3.8) is 0 Å². The van der Waals surface area contributed by atoms with Crippen LogP contribution >= 0.6 is 11.6 Å². The third-order valence-electron chi connectivity index (χ3n) is 5.74. The summed E-state index contributed by atoms with van der Waals surface area (Å²) < 4.78 is 8.98. The van der Waals surface area contributed by atoms with Crippen LogP contribution in [0.25, 0.3) is 0 Å². The topological polar surface area (TPSA) is 143 Å². The van der Waals surface area contributed by atoms with E-state index in [-0.39, 0.29) is 38.8 Å². The molecule has 0 bridgehead atoms. The highest BCUT2D eigenvalue weighted by Gasteiger charge is 2.19. The van der Waals surface area contributed by atoms with Crippen LogP contribution in [-0.4, -0.2) is 97.4 Å². The molecule has 40 heavy (non-hydrogen) atoms. The Bertz CT molecular complexity index is 945. The Morgan fingerprint density at radius 2 is 1.43 bits per heavy atom. The second kappa shape index (κ2) is 21.8. The molecule has 4 heterocycles. The predicted molar refractivity (Wildman–Crippen MR) is 161 cm³/mol. The van der Waals surface area contributed by atoms with Gasteiger partial charge in [0.25, 0.3) is 0 Å². The van der Waals surface area contributed by atoms with Crippen molar-refractivity contribution in [3.05, 3.63) is 41.3 Å². The summed E-state index contributed by atoms with van der Waals surface area (Å²) in [6, 6.07) is 1.21. The standard InChI is InChI=1S/C12H18N4O2.C6H5ClN2O2.C6H14N2.3CH4/c1-3-9-8-16(5-4-13-9)11-7-14-10(6-15-11)12(17)18-2;1-11-6(10)4-2-9-5(7)3-8-4;1-2-6-5-7-3-4-8-6;;;/h6-7,9,13H,3-5,8H2,1-2H3;2-3H,1H3;6-8H,2-5H2,1H3;3*1H4/t9-;;6-;;;/m0.0.../s1. The monoisotopic (exact) mass is 584 g/mol. The van der Waals surface area contributed by atoms with Crippen molar-refractivity contribution < 1.29 is 19.1 Å². The van der Waals surface area contributed by atoms with E-state index in [0.717, 1.165) is 57.5 Å². The minimum absolute atomic E-state index is 0. The van der Waals surface area contributed by atoms with Crippen molar-refractivity contribution in [1.82, 2.24) is 35.9 Å². The quantitative estimate of drug-likeness (QED) is 0.444. The van der Waals surface area contributed by atoms with Crippen LogP contribution in [0.3, 0.4) is 0 Å². The Balaban J connectivity index is 0. The summed E-state index contributed by atoms with van der Waals surface area (Å²) in [7, 11) is 2.61. The summed E-state index contributed by atoms with van der Waals surface area (Å²) in [5, 5.41) is 10.4. The molecule has 2 saturated heterocycles. The lowest BCUT2D eigenvalue weighted by Crippen LogP contribution is -2.50. The molecule has 12 nitrogen and oxygen atoms in total. The van der Waals surface area contributed by atoms with E-state index in [1.54, 1.807) is 6.20 Å². The molecule has 2 aromatic heterocycles. The lowest BCUT2D eigenvalue weighted by molar-refractivity contribution is 0.0584. The number of ether oxygens (including phenoxy) is 2. The third-order valence-corrected chi connectivity index (χ3v) is 5.93. The highest BCUT2D eigenvalue weighted by molar-refractivity contribution is 6.29. The van der Waals surface area contributed by atoms with Gasteiger partial charge in [0.15, 0.2) is 11.4 Å². The number of hydrogen-bond acceptors (Lipinski definition) is 12. The molecular weight excluding hydrogens is 536 g/mol. The van der Waals surface area contributed by atoms with E-state index in [1.807, 2.05) is 0 Å². The summed E-state index contributed by atoms with van der Waals surface area (Å²) >= 11 is 5.43. The summed E-state index contributed by atoms with van der Waals surface area (Å²) in [5.74, 6) is -0.169. The molecule has 0 saturated carbocycles. The van der Waals surface area contributed by atoms with Gasteiger partial charge < -0.3 is 30.3 Å². The van der Waals surface area contributed by atoms with E-state index in [1.165, 1.54) is 39.2 Å². The minimum Gasteiger partial charge on any atom is -0.464 e. The predicted octanol–water partition coefficient (Wildman–Crippen LogP) is 3.23. The molecule has 13 heteroatoms. The van der Waals surface area contributed by atoms with Crippen LogP contribution in [0.2, 0.25) is 5.15 Å². The number of aromatic nitrogens is 4. The van der Waals surface area contributed by atoms with Gasteiger partial charge in [-0.1, -0.05) is 47.7 Å². The van der Waals surface area contributed by atoms with E-state index >= 15 is 0 Å². The smallest absolute Gasteiger partial charge is 0.358 e. The summed E-state index contributed by atoms with van der Waals surface area (Å²) in [5.41, 5.74) is 0.389. The minimum atomic E-state index is -0.519. The number of methoxy groups -OCH3 is 2. The SMILES string of the molecule is C.C.C.CC[C@H]1CN(c2cnc(C(=O)OC)cn2)CCN1.CC[C@H]1CNCCN1.COC(=O)c1cnc(Cl)cn1. The molecule has 0 aliphatic carbocycles. The lowest BCUT2D eigenvalue weighted by atomic mass is 10.1. The molecule has 0 radical (unpaired) electrons. The van der Waals surface area contributed by atoms with Crippen molar-refractivity contribution >= 4 is 29.4 Å². The maximum atomic E-state index is 11.3. The van der Waals surface area contributed by atoms with Crippen molar-refractivity contribution in [2.45, 2.75) is 61.1 Å². The molecule has 228 valence electrons. The number of nitrogens with zero attached hydrogens (tertiary/aromatic N) is 5. The van der Waals surface area contributed by atoms with E-state index in [2.05, 4.69) is 64.1 Å². The molecule has 0 amide bonds. The fraction of sp³-hybridized carbons (Fsp3) is 0.630. The third kappa shape index (κ3) is 13.4. The van der Waals surface area contributed by atoms with Gasteiger partial charge in [-0.3, -0.25) is 0 Å². The van der Waals surface area contributed by atoms with E-state index < -0.39 is 11.9 Å². The number of halogens is 1. The number of nitrogens with one attached hydrogen (secondary N) is 3. The van der Waals surface area contributed by atoms with Crippen molar-refractivity contribution in [2.24, 2.45) is 0 Å². The van der Waals surface area contributed by atoms with E-state index in [0.29, 0.717) is 6.04 Å². The van der Waals surface area contributed by atoms with Crippen LogP contribution in [0.15, 0.2) is 24.8 Å². The van der Waals surface area contributed by atoms with Gasteiger partial charge in [0.05, 0.1) is 39.0 Å². The normalized spacial score (nSPS) is 17.5. The average molecular weight is 585 g/mol. The summed E-state index contributed by atoms with van der Waals surface area (Å²) in [6.07, 6.45) is 7.97. The van der Waals surface area contributed by atoms with Crippen LogP contribution in [0.1, 0.15) is 69.9 Å². The number of rotatable bonds is 5. The van der Waals surface area contributed by atoms with E-state index in [4.69, 9.17) is 11.6 Å². The van der Waals surface area contributed by atoms with E-state index in [9.17, 15) is 9.59 Å². The van der Waals surface area contributed by atoms with Crippen LogP contribution in [0, 0.1) is 0 Å². The van der Waals surface area contributed by atoms with Gasteiger partial charge in [-0.15, -0.1) is 0 Å². The first-order valence-corrected chi connectivity index (χ1v) is 12.7. The fourth-order valence-corrected chi connectivity index (χ4v) is 3.62. The zero-order valence-electron chi connectivity index (χ0n) is 21.9. The number of hydrogen-bond donors (Lipinski definition) is 3. The Kier molecular flexibility index (Phi) is 21.4. The number of carbonyl (C=O) groups excluding carboxylic acids is 2. The fourth-order valence-electron chi connectivity index (χ4n) is 3.53. The molecule has 0 spiro atoms. The van der Waals surface area contributed by atoms with Crippen molar-refractivity contribution in [3.8, 4) is 0 Å². The molecule has 2 aromatic rings. The molecule has 4 rings (SSSR count). The van der Waals surface area contributed by atoms with Gasteiger partial charge in [0.2, 0.25) is 0 Å². The first-order chi connectivity index (χ1) is 17.9. The van der Waals surface area contributed by atoms with Gasteiger partial charge in [0, 0.05) is 51.4 Å². The Labute approximate surface area is 245 Å². The number of carbonyl (C=O) groups is 2. The number of anilines is 1. The zero-order chi connectivity index (χ0) is 27.0. The molecule has 2 aliphatic rings. The van der Waals surface area contributed by atoms with Crippen LogP contribution in [0.4, 0.5) is 5.82 Å². The molecule has 2 fully saturated rings. The molecule has 0 unspecified atom stereocenters. The maximum absolute atomic E-state index is 11.3. The molecule has 2 aliphatic heterocycles. The molecular formula is C27H49ClN8O4. The van der Waals surface area contributed by atoms with Gasteiger partial charge in [-0.2, -0.15) is 0 Å². The zero-order valence-corrected chi connectivity index (χ0v) is 22.6. The first-order valence-electron chi connectivity index (χ1n) is 12.3. The van der Waals surface area contributed by atoms with Gasteiger partial charge >= 0.3 is 11.9 Å². The van der Waals surface area contributed by atoms with Crippen LogP contribution in [0.5, 0.6) is 0 Å². The second-order valence-electron chi connectivity index (χ2n) is 8.24. The summed E-state index contributed by atoms with van der Waals surface area (Å²) in [6.45, 7) is 10.6. The molecule has 2 atom stereocenters. The average Bonchev–Trinajstić information content (AvgIpc) is 2.98. The Hall–Kier alpha value is -2.93. The Morgan fingerprint density at radius 3 is 1.85 bits per heavy atom. The van der Waals surface area contributed by atoms with Gasteiger partial charge in [0.1, 0.15) is 11.0 Å². The molecule has 0 aromatic carbocycles. The van der Waals surface area contributed by atoms with Crippen LogP contribution in [-0.2, 0) is 9.47 Å². The lowest BCUT2D eigenvalue weighted by Gasteiger charge is -2.33. The summed E-state index contributed by atoms with van der Waals surface area (Å²) in [4.78, 5) is 39.9. The van der Waals surface area contributed by atoms with Gasteiger partial charge in [-0.05, 0) is 12.8 Å². The maximum Gasteiger partial charge on any atom is 0.358 e. The highest BCUT2D eigenvalue weighted by Crippen LogP contribution is 2.13. The molecule has 3 N–H and O–H groups in total. The van der Waals surface area contributed by atoms with Gasteiger partial charge in [-0.25, -0.2) is 29.5 Å². The van der Waals surface area contributed by atoms with Crippen molar-refractivity contribution in [1.29, 1.82) is 0 Å². The largest absolute Gasteiger partial charge is 0.464 e. The number of piperazine rings is 2. The van der Waals surface area contributed by atoms with Crippen LogP contribution < -0.4 is 20.9 Å².